The average molecular weight is 295 g/mol. The van der Waals surface area contributed by atoms with Crippen LogP contribution in [0.5, 0.6) is 5.75 Å². The number of benzene rings is 1. The Morgan fingerprint density at radius 2 is 2.10 bits per heavy atom. The van der Waals surface area contributed by atoms with Gasteiger partial charge in [0.05, 0.1) is 25.1 Å². The molecule has 0 bridgehead atoms. The molecule has 0 aromatic heterocycles. The second kappa shape index (κ2) is 6.99. The van der Waals surface area contributed by atoms with Gasteiger partial charge < -0.3 is 14.4 Å². The van der Waals surface area contributed by atoms with E-state index in [1.165, 1.54) is 0 Å². The molecule has 1 aliphatic heterocycles. The fourth-order valence-corrected chi connectivity index (χ4v) is 3.16. The first-order valence-electron chi connectivity index (χ1n) is 6.78. The number of hydrogen-bond acceptors (Lipinski definition) is 4. The van der Waals surface area contributed by atoms with Crippen LogP contribution in [0.25, 0.3) is 0 Å². The first-order chi connectivity index (χ1) is 9.58. The van der Waals surface area contributed by atoms with Crippen molar-refractivity contribution in [1.82, 2.24) is 4.90 Å². The summed E-state index contributed by atoms with van der Waals surface area (Å²) in [6.07, 6.45) is 0.231. The smallest absolute Gasteiger partial charge is 0.233 e. The van der Waals surface area contributed by atoms with Crippen LogP contribution in [0.3, 0.4) is 0 Å². The van der Waals surface area contributed by atoms with E-state index in [-0.39, 0.29) is 18.1 Å². The van der Waals surface area contributed by atoms with Gasteiger partial charge in [-0.1, -0.05) is 6.07 Å². The third kappa shape index (κ3) is 4.15. The van der Waals surface area contributed by atoms with Crippen LogP contribution in [0.4, 0.5) is 0 Å². The van der Waals surface area contributed by atoms with Gasteiger partial charge in [-0.25, -0.2) is 0 Å². The summed E-state index contributed by atoms with van der Waals surface area (Å²) in [5.41, 5.74) is 0. The largest absolute Gasteiger partial charge is 0.497 e. The van der Waals surface area contributed by atoms with E-state index >= 15 is 0 Å². The van der Waals surface area contributed by atoms with Gasteiger partial charge in [0.25, 0.3) is 0 Å². The van der Waals surface area contributed by atoms with Crippen molar-refractivity contribution in [1.29, 1.82) is 0 Å². The van der Waals surface area contributed by atoms with Crippen molar-refractivity contribution in [2.24, 2.45) is 0 Å². The molecule has 0 saturated carbocycles. The summed E-state index contributed by atoms with van der Waals surface area (Å²) in [6.45, 7) is 5.37. The summed E-state index contributed by atoms with van der Waals surface area (Å²) in [5.74, 6) is 1.43. The average Bonchev–Trinajstić information content (AvgIpc) is 2.44. The highest BCUT2D eigenvalue weighted by molar-refractivity contribution is 8.00. The van der Waals surface area contributed by atoms with Crippen LogP contribution in [0, 0.1) is 0 Å². The van der Waals surface area contributed by atoms with Gasteiger partial charge >= 0.3 is 0 Å². The molecule has 1 saturated heterocycles. The molecule has 1 aliphatic rings. The maximum Gasteiger partial charge on any atom is 0.233 e. The zero-order valence-corrected chi connectivity index (χ0v) is 13.0. The van der Waals surface area contributed by atoms with Crippen LogP contribution in [0.2, 0.25) is 0 Å². The van der Waals surface area contributed by atoms with Crippen molar-refractivity contribution in [3.05, 3.63) is 24.3 Å². The number of rotatable bonds is 4. The van der Waals surface area contributed by atoms with Crippen LogP contribution in [-0.2, 0) is 9.53 Å². The maximum absolute atomic E-state index is 12.2. The van der Waals surface area contributed by atoms with Gasteiger partial charge in [0, 0.05) is 18.0 Å². The molecule has 0 aliphatic carbocycles. The van der Waals surface area contributed by atoms with Gasteiger partial charge in [-0.2, -0.15) is 0 Å². The number of thioether (sulfide) groups is 1. The number of carbonyl (C=O) groups is 1. The third-order valence-electron chi connectivity index (χ3n) is 3.18. The van der Waals surface area contributed by atoms with Gasteiger partial charge in [0.2, 0.25) is 5.91 Å². The number of nitrogens with zero attached hydrogens (tertiary/aromatic N) is 1. The van der Waals surface area contributed by atoms with Crippen LogP contribution >= 0.6 is 11.8 Å². The molecular formula is C15H21NO3S. The second-order valence-corrected chi connectivity index (χ2v) is 6.07. The Labute approximate surface area is 124 Å². The number of amides is 1. The van der Waals surface area contributed by atoms with Crippen molar-refractivity contribution in [3.63, 3.8) is 0 Å². The summed E-state index contributed by atoms with van der Waals surface area (Å²) >= 11 is 1.54. The van der Waals surface area contributed by atoms with Crippen LogP contribution in [0.15, 0.2) is 29.2 Å². The van der Waals surface area contributed by atoms with E-state index in [0.717, 1.165) is 10.6 Å². The number of hydrogen-bond donors (Lipinski definition) is 0. The molecule has 2 rings (SSSR count). The minimum atomic E-state index is 0.115. The summed E-state index contributed by atoms with van der Waals surface area (Å²) in [4.78, 5) is 15.2. The monoisotopic (exact) mass is 295 g/mol. The van der Waals surface area contributed by atoms with Crippen molar-refractivity contribution in [2.75, 3.05) is 26.0 Å². The molecule has 5 heteroatoms. The molecule has 1 fully saturated rings. The highest BCUT2D eigenvalue weighted by Crippen LogP contribution is 2.23. The lowest BCUT2D eigenvalue weighted by atomic mass is 10.2. The Balaban J connectivity index is 1.88. The summed E-state index contributed by atoms with van der Waals surface area (Å²) < 4.78 is 10.8. The second-order valence-electron chi connectivity index (χ2n) is 5.02. The molecular weight excluding hydrogens is 274 g/mol. The fraction of sp³-hybridized carbons (Fsp3) is 0.533. The third-order valence-corrected chi connectivity index (χ3v) is 4.15. The molecule has 0 N–H and O–H groups in total. The highest BCUT2D eigenvalue weighted by atomic mass is 32.2. The zero-order chi connectivity index (χ0) is 14.5. The number of carbonyl (C=O) groups excluding carboxylic acids is 1. The lowest BCUT2D eigenvalue weighted by molar-refractivity contribution is -0.140. The highest BCUT2D eigenvalue weighted by Gasteiger charge is 2.25. The quantitative estimate of drug-likeness (QED) is 0.800. The molecule has 20 heavy (non-hydrogen) atoms. The minimum Gasteiger partial charge on any atom is -0.497 e. The van der Waals surface area contributed by atoms with Gasteiger partial charge in [0.15, 0.2) is 0 Å². The summed E-state index contributed by atoms with van der Waals surface area (Å²) in [7, 11) is 1.64. The predicted molar refractivity (Wildman–Crippen MR) is 80.3 cm³/mol. The Morgan fingerprint density at radius 1 is 1.40 bits per heavy atom. The van der Waals surface area contributed by atoms with E-state index in [4.69, 9.17) is 9.47 Å². The minimum absolute atomic E-state index is 0.115. The molecule has 1 aromatic rings. The van der Waals surface area contributed by atoms with Gasteiger partial charge in [-0.05, 0) is 32.0 Å². The predicted octanol–water partition coefficient (Wildman–Crippen LogP) is 2.42. The normalized spacial score (nSPS) is 22.6. The van der Waals surface area contributed by atoms with Crippen molar-refractivity contribution in [3.8, 4) is 5.75 Å². The molecule has 0 unspecified atom stereocenters. The summed E-state index contributed by atoms with van der Waals surface area (Å²) in [6, 6.07) is 7.77. The molecule has 1 aromatic carbocycles. The van der Waals surface area contributed by atoms with Crippen LogP contribution < -0.4 is 4.74 Å². The maximum atomic E-state index is 12.2. The number of morpholine rings is 1. The van der Waals surface area contributed by atoms with E-state index in [9.17, 15) is 4.79 Å². The van der Waals surface area contributed by atoms with Crippen LogP contribution in [-0.4, -0.2) is 49.0 Å². The standard InChI is InChI=1S/C15H21NO3S/c1-11-8-16(9-12(2)19-11)15(17)10-20-14-6-4-5-13(7-14)18-3/h4-7,11-12H,8-10H2,1-3H3/t11-,12-/m0/s1. The van der Waals surface area contributed by atoms with Crippen molar-refractivity contribution in [2.45, 2.75) is 31.0 Å². The summed E-state index contributed by atoms with van der Waals surface area (Å²) in [5, 5.41) is 0. The zero-order valence-electron chi connectivity index (χ0n) is 12.2. The molecule has 110 valence electrons. The molecule has 1 heterocycles. The fourth-order valence-electron chi connectivity index (χ4n) is 2.31. The Bertz CT molecular complexity index is 456. The number of ether oxygens (including phenoxy) is 2. The Kier molecular flexibility index (Phi) is 5.31. The lowest BCUT2D eigenvalue weighted by Gasteiger charge is -2.35. The Morgan fingerprint density at radius 3 is 2.75 bits per heavy atom. The molecule has 0 spiro atoms. The van der Waals surface area contributed by atoms with Crippen molar-refractivity contribution >= 4 is 17.7 Å². The van der Waals surface area contributed by atoms with Gasteiger partial charge in [-0.15, -0.1) is 11.8 Å². The first-order valence-corrected chi connectivity index (χ1v) is 7.77. The SMILES string of the molecule is COc1cccc(SCC(=O)N2C[C@H](C)O[C@@H](C)C2)c1. The molecule has 4 nitrogen and oxygen atoms in total. The van der Waals surface area contributed by atoms with E-state index in [1.54, 1.807) is 18.9 Å². The number of methoxy groups -OCH3 is 1. The van der Waals surface area contributed by atoms with Gasteiger partial charge in [-0.3, -0.25) is 4.79 Å². The van der Waals surface area contributed by atoms with E-state index < -0.39 is 0 Å². The molecule has 1 amide bonds. The Hall–Kier alpha value is -1.20. The molecule has 2 atom stereocenters. The lowest BCUT2D eigenvalue weighted by Crippen LogP contribution is -2.48. The van der Waals surface area contributed by atoms with Crippen LogP contribution in [0.1, 0.15) is 13.8 Å². The molecule has 0 radical (unpaired) electrons. The van der Waals surface area contributed by atoms with E-state index in [2.05, 4.69) is 0 Å². The van der Waals surface area contributed by atoms with E-state index in [1.807, 2.05) is 43.0 Å². The van der Waals surface area contributed by atoms with E-state index in [0.29, 0.717) is 18.8 Å². The topological polar surface area (TPSA) is 38.8 Å². The first kappa shape index (κ1) is 15.2. The van der Waals surface area contributed by atoms with Gasteiger partial charge in [0.1, 0.15) is 5.75 Å². The van der Waals surface area contributed by atoms with Crippen molar-refractivity contribution < 1.29 is 14.3 Å².